The number of nitriles is 1. The largest absolute Gasteiger partial charge is 0.390 e. The van der Waals surface area contributed by atoms with Gasteiger partial charge in [0.25, 0.3) is 0 Å². The van der Waals surface area contributed by atoms with Crippen LogP contribution >= 0.6 is 0 Å². The number of aliphatic hydroxyl groups excluding tert-OH is 1. The number of carbonyl (C=O) groups excluding carboxylic acids is 1. The molecule has 29 heavy (non-hydrogen) atoms. The van der Waals surface area contributed by atoms with Crippen molar-refractivity contribution in [3.63, 3.8) is 0 Å². The molecule has 1 saturated carbocycles. The zero-order valence-electron chi connectivity index (χ0n) is 15.5. The van der Waals surface area contributed by atoms with E-state index in [0.717, 1.165) is 18.4 Å². The lowest BCUT2D eigenvalue weighted by molar-refractivity contribution is -0.117. The van der Waals surface area contributed by atoms with Gasteiger partial charge >= 0.3 is 0 Å². The Hall–Kier alpha value is -3.83. The molecule has 4 rings (SSSR count). The average molecular weight is 386 g/mol. The van der Waals surface area contributed by atoms with Gasteiger partial charge in [0.05, 0.1) is 41.1 Å². The highest BCUT2D eigenvalue weighted by Gasteiger charge is 2.30. The molecule has 1 aromatic carbocycles. The van der Waals surface area contributed by atoms with Crippen molar-refractivity contribution >= 4 is 23.2 Å². The van der Waals surface area contributed by atoms with E-state index in [4.69, 9.17) is 5.11 Å². The molecule has 1 amide bonds. The third kappa shape index (κ3) is 4.36. The van der Waals surface area contributed by atoms with Gasteiger partial charge in [0.2, 0.25) is 11.9 Å². The maximum absolute atomic E-state index is 12.0. The number of amides is 1. The highest BCUT2D eigenvalue weighted by atomic mass is 16.3. The summed E-state index contributed by atoms with van der Waals surface area (Å²) in [4.78, 5) is 24.8. The maximum Gasteiger partial charge on any atom is 0.227 e. The van der Waals surface area contributed by atoms with Gasteiger partial charge in [-0.3, -0.25) is 9.78 Å². The first kappa shape index (κ1) is 18.5. The molecule has 8 heteroatoms. The molecule has 144 valence electrons. The van der Waals surface area contributed by atoms with Crippen molar-refractivity contribution in [1.29, 1.82) is 5.26 Å². The Labute approximate surface area is 167 Å². The Morgan fingerprint density at radius 1 is 1.21 bits per heavy atom. The number of aromatic nitrogens is 3. The van der Waals surface area contributed by atoms with Crippen molar-refractivity contribution in [1.82, 2.24) is 15.0 Å². The van der Waals surface area contributed by atoms with E-state index < -0.39 is 0 Å². The number of anilines is 3. The summed E-state index contributed by atoms with van der Waals surface area (Å²) >= 11 is 0. The van der Waals surface area contributed by atoms with Crippen molar-refractivity contribution in [3.05, 3.63) is 60.0 Å². The first-order valence-electron chi connectivity index (χ1n) is 9.17. The van der Waals surface area contributed by atoms with Crippen molar-refractivity contribution in [2.24, 2.45) is 5.92 Å². The summed E-state index contributed by atoms with van der Waals surface area (Å²) in [6.45, 7) is -0.120. The van der Waals surface area contributed by atoms with E-state index in [1.54, 1.807) is 42.7 Å². The Bertz CT molecular complexity index is 1090. The second kappa shape index (κ2) is 8.04. The summed E-state index contributed by atoms with van der Waals surface area (Å²) in [6, 6.07) is 12.6. The predicted octanol–water partition coefficient (Wildman–Crippen LogP) is 2.99. The van der Waals surface area contributed by atoms with E-state index in [0.29, 0.717) is 34.3 Å². The van der Waals surface area contributed by atoms with E-state index in [2.05, 4.69) is 31.7 Å². The molecule has 0 bridgehead atoms. The summed E-state index contributed by atoms with van der Waals surface area (Å²) in [5.41, 5.74) is 3.53. The van der Waals surface area contributed by atoms with Crippen LogP contribution in [0.2, 0.25) is 0 Å². The van der Waals surface area contributed by atoms with Crippen molar-refractivity contribution in [2.75, 3.05) is 10.6 Å². The van der Waals surface area contributed by atoms with Crippen LogP contribution in [0, 0.1) is 17.2 Å². The third-order valence-corrected chi connectivity index (χ3v) is 4.54. The molecule has 0 aliphatic heterocycles. The number of nitrogens with zero attached hydrogens (tertiary/aromatic N) is 4. The first-order valence-corrected chi connectivity index (χ1v) is 9.17. The molecule has 0 radical (unpaired) electrons. The summed E-state index contributed by atoms with van der Waals surface area (Å²) < 4.78 is 0. The lowest BCUT2D eigenvalue weighted by atomic mass is 10.1. The minimum Gasteiger partial charge on any atom is -0.390 e. The quantitative estimate of drug-likeness (QED) is 0.595. The van der Waals surface area contributed by atoms with Crippen molar-refractivity contribution in [2.45, 2.75) is 19.4 Å². The molecular weight excluding hydrogens is 368 g/mol. The highest BCUT2D eigenvalue weighted by molar-refractivity contribution is 5.95. The summed E-state index contributed by atoms with van der Waals surface area (Å²) in [7, 11) is 0. The van der Waals surface area contributed by atoms with Gasteiger partial charge in [-0.1, -0.05) is 6.07 Å². The fourth-order valence-electron chi connectivity index (χ4n) is 2.79. The van der Waals surface area contributed by atoms with Gasteiger partial charge in [-0.15, -0.1) is 0 Å². The summed E-state index contributed by atoms with van der Waals surface area (Å²) in [5.74, 6) is 0.409. The summed E-state index contributed by atoms with van der Waals surface area (Å²) in [6.07, 6.45) is 5.02. The monoisotopic (exact) mass is 386 g/mol. The van der Waals surface area contributed by atoms with Crippen LogP contribution in [0.3, 0.4) is 0 Å². The van der Waals surface area contributed by atoms with Crippen molar-refractivity contribution in [3.8, 4) is 17.3 Å². The van der Waals surface area contributed by atoms with E-state index in [9.17, 15) is 10.1 Å². The molecule has 0 saturated heterocycles. The smallest absolute Gasteiger partial charge is 0.227 e. The first-order chi connectivity index (χ1) is 14.2. The van der Waals surface area contributed by atoms with E-state index >= 15 is 0 Å². The van der Waals surface area contributed by atoms with Gasteiger partial charge in [0, 0.05) is 17.7 Å². The van der Waals surface area contributed by atoms with Gasteiger partial charge in [0.1, 0.15) is 6.07 Å². The SMILES string of the molecule is N#Cc1cc(-c2ccnc(Nc3ccc(CO)nc3)n2)ccc1NC(=O)C1CC1. The molecule has 0 unspecified atom stereocenters. The summed E-state index contributed by atoms with van der Waals surface area (Å²) in [5, 5.41) is 24.4. The minimum absolute atomic E-state index is 0.0383. The zero-order valence-corrected chi connectivity index (χ0v) is 15.5. The van der Waals surface area contributed by atoms with Crippen LogP contribution < -0.4 is 10.6 Å². The number of pyridine rings is 1. The van der Waals surface area contributed by atoms with Crippen LogP contribution in [-0.2, 0) is 11.4 Å². The van der Waals surface area contributed by atoms with Crippen LogP contribution in [0.1, 0.15) is 24.1 Å². The highest BCUT2D eigenvalue weighted by Crippen LogP contribution is 2.31. The van der Waals surface area contributed by atoms with E-state index in [-0.39, 0.29) is 18.4 Å². The maximum atomic E-state index is 12.0. The third-order valence-electron chi connectivity index (χ3n) is 4.54. The van der Waals surface area contributed by atoms with E-state index in [1.165, 1.54) is 0 Å². The van der Waals surface area contributed by atoms with Crippen LogP contribution in [0.4, 0.5) is 17.3 Å². The molecule has 2 heterocycles. The molecule has 1 aliphatic carbocycles. The van der Waals surface area contributed by atoms with Crippen LogP contribution in [0.5, 0.6) is 0 Å². The number of benzene rings is 1. The average Bonchev–Trinajstić information content (AvgIpc) is 3.60. The Morgan fingerprint density at radius 3 is 2.76 bits per heavy atom. The lowest BCUT2D eigenvalue weighted by Gasteiger charge is -2.10. The van der Waals surface area contributed by atoms with E-state index in [1.807, 2.05) is 6.07 Å². The van der Waals surface area contributed by atoms with Gasteiger partial charge in [-0.25, -0.2) is 9.97 Å². The fraction of sp³-hybridized carbons (Fsp3) is 0.190. The number of nitrogens with one attached hydrogen (secondary N) is 2. The van der Waals surface area contributed by atoms with Crippen LogP contribution in [0.25, 0.3) is 11.3 Å². The Morgan fingerprint density at radius 2 is 2.07 bits per heavy atom. The lowest BCUT2D eigenvalue weighted by Crippen LogP contribution is -2.14. The van der Waals surface area contributed by atoms with Crippen LogP contribution in [-0.4, -0.2) is 26.0 Å². The topological polar surface area (TPSA) is 124 Å². The molecule has 1 aliphatic rings. The second-order valence-electron chi connectivity index (χ2n) is 6.72. The molecule has 8 nitrogen and oxygen atoms in total. The predicted molar refractivity (Wildman–Crippen MR) is 107 cm³/mol. The van der Waals surface area contributed by atoms with Gasteiger partial charge < -0.3 is 15.7 Å². The standard InChI is InChI=1S/C21H18N6O2/c22-10-15-9-14(3-6-18(15)26-20(29)13-1-2-13)19-7-8-23-21(27-19)25-16-4-5-17(12-28)24-11-16/h3-9,11,13,28H,1-2,12H2,(H,26,29)(H,23,25,27). The number of hydrogen-bond acceptors (Lipinski definition) is 7. The number of hydrogen-bond donors (Lipinski definition) is 3. The number of rotatable bonds is 6. The normalized spacial score (nSPS) is 12.8. The molecule has 2 aromatic heterocycles. The van der Waals surface area contributed by atoms with Crippen molar-refractivity contribution < 1.29 is 9.90 Å². The zero-order chi connectivity index (χ0) is 20.2. The second-order valence-corrected chi connectivity index (χ2v) is 6.72. The fourth-order valence-corrected chi connectivity index (χ4v) is 2.79. The molecule has 0 atom stereocenters. The Kier molecular flexibility index (Phi) is 5.14. The van der Waals surface area contributed by atoms with Crippen LogP contribution in [0.15, 0.2) is 48.8 Å². The number of aliphatic hydroxyl groups is 1. The molecule has 0 spiro atoms. The molecule has 1 fully saturated rings. The molecule has 3 N–H and O–H groups in total. The molecule has 3 aromatic rings. The minimum atomic E-state index is -0.120. The van der Waals surface area contributed by atoms with Gasteiger partial charge in [-0.2, -0.15) is 5.26 Å². The van der Waals surface area contributed by atoms with Gasteiger partial charge in [-0.05, 0) is 43.2 Å². The number of carbonyl (C=O) groups is 1. The Balaban J connectivity index is 1.55. The molecular formula is C21H18N6O2. The van der Waals surface area contributed by atoms with Gasteiger partial charge in [0.15, 0.2) is 0 Å².